The van der Waals surface area contributed by atoms with Crippen LogP contribution in [0, 0.1) is 6.92 Å². The molecule has 3 aromatic rings. The molecule has 1 fully saturated rings. The van der Waals surface area contributed by atoms with Crippen LogP contribution in [0.1, 0.15) is 41.0 Å². The lowest BCUT2D eigenvalue weighted by Crippen LogP contribution is -2.39. The zero-order chi connectivity index (χ0) is 18.6. The molecule has 0 radical (unpaired) electrons. The number of thiazole rings is 1. The summed E-state index contributed by atoms with van der Waals surface area (Å²) in [7, 11) is 0. The zero-order valence-electron chi connectivity index (χ0n) is 15.0. The van der Waals surface area contributed by atoms with E-state index in [1.165, 1.54) is 11.3 Å². The Labute approximate surface area is 161 Å². The van der Waals surface area contributed by atoms with Gasteiger partial charge in [0.15, 0.2) is 5.13 Å². The third kappa shape index (κ3) is 4.16. The maximum atomic E-state index is 12.7. The van der Waals surface area contributed by atoms with Crippen LogP contribution in [-0.2, 0) is 0 Å². The fraction of sp³-hybridized carbons (Fsp3) is 0.368. The van der Waals surface area contributed by atoms with E-state index in [1.807, 2.05) is 36.0 Å². The molecule has 8 heteroatoms. The highest BCUT2D eigenvalue weighted by molar-refractivity contribution is 7.16. The molecule has 3 heterocycles. The summed E-state index contributed by atoms with van der Waals surface area (Å²) >= 11 is 1.42. The second kappa shape index (κ2) is 7.87. The van der Waals surface area contributed by atoms with Gasteiger partial charge in [-0.25, -0.2) is 9.97 Å². The predicted molar refractivity (Wildman–Crippen MR) is 102 cm³/mol. The normalized spacial score (nSPS) is 19.6. The molecular weight excluding hydrogens is 362 g/mol. The van der Waals surface area contributed by atoms with Gasteiger partial charge in [-0.1, -0.05) is 11.3 Å². The Morgan fingerprint density at radius 2 is 2.00 bits per heavy atom. The van der Waals surface area contributed by atoms with Crippen LogP contribution >= 0.6 is 11.3 Å². The van der Waals surface area contributed by atoms with Gasteiger partial charge < -0.3 is 14.6 Å². The Balaban J connectivity index is 1.32. The number of hydrogen-bond donors (Lipinski definition) is 1. The van der Waals surface area contributed by atoms with Crippen molar-refractivity contribution >= 4 is 17.2 Å². The second-order valence-electron chi connectivity index (χ2n) is 6.61. The fourth-order valence-electron chi connectivity index (χ4n) is 3.26. The van der Waals surface area contributed by atoms with Gasteiger partial charge in [0, 0.05) is 30.8 Å². The Bertz CT molecular complexity index is 886. The van der Waals surface area contributed by atoms with Crippen LogP contribution in [0.5, 0.6) is 5.88 Å². The van der Waals surface area contributed by atoms with Gasteiger partial charge in [-0.15, -0.1) is 0 Å². The van der Waals surface area contributed by atoms with E-state index in [1.54, 1.807) is 18.6 Å². The molecule has 0 aliphatic heterocycles. The lowest BCUT2D eigenvalue weighted by molar-refractivity contribution is 0.0893. The van der Waals surface area contributed by atoms with Crippen LogP contribution in [0.25, 0.3) is 5.13 Å². The molecule has 0 atom stereocenters. The first kappa shape index (κ1) is 17.7. The number of hydrogen-bond acceptors (Lipinski definition) is 6. The average Bonchev–Trinajstić information content (AvgIpc) is 3.34. The lowest BCUT2D eigenvalue weighted by atomic mass is 9.93. The molecular formula is C19H21N5O2S. The first-order chi connectivity index (χ1) is 13.2. The largest absolute Gasteiger partial charge is 0.473 e. The van der Waals surface area contributed by atoms with E-state index in [9.17, 15) is 4.79 Å². The van der Waals surface area contributed by atoms with Crippen LogP contribution in [0.4, 0.5) is 0 Å². The molecule has 0 bridgehead atoms. The van der Waals surface area contributed by atoms with E-state index in [4.69, 9.17) is 4.74 Å². The summed E-state index contributed by atoms with van der Waals surface area (Å²) in [6.07, 6.45) is 12.4. The maximum Gasteiger partial charge on any atom is 0.263 e. The summed E-state index contributed by atoms with van der Waals surface area (Å²) in [5.74, 6) is 0.518. The Kier molecular flexibility index (Phi) is 5.15. The zero-order valence-corrected chi connectivity index (χ0v) is 15.9. The number of amides is 1. The average molecular weight is 383 g/mol. The van der Waals surface area contributed by atoms with Crippen molar-refractivity contribution in [3.63, 3.8) is 0 Å². The molecule has 0 unspecified atom stereocenters. The smallest absolute Gasteiger partial charge is 0.263 e. The molecule has 3 aromatic heterocycles. The monoisotopic (exact) mass is 383 g/mol. The number of nitrogens with one attached hydrogen (secondary N) is 1. The standard InChI is InChI=1S/C19H21N5O2S/c1-13-17(27-19(22-13)24-10-2-3-11-24)18(25)23-14-4-6-15(7-5-14)26-16-12-20-8-9-21-16/h2-3,8-12,14-15H,4-7H2,1H3,(H,23,25). The molecule has 1 N–H and O–H groups in total. The van der Waals surface area contributed by atoms with Crippen molar-refractivity contribution in [2.24, 2.45) is 0 Å². The van der Waals surface area contributed by atoms with Crippen molar-refractivity contribution in [3.8, 4) is 11.0 Å². The van der Waals surface area contributed by atoms with Crippen LogP contribution in [0.2, 0.25) is 0 Å². The highest BCUT2D eigenvalue weighted by Crippen LogP contribution is 2.25. The number of carbonyl (C=O) groups excluding carboxylic acids is 1. The maximum absolute atomic E-state index is 12.7. The number of ether oxygens (including phenoxy) is 1. The van der Waals surface area contributed by atoms with Gasteiger partial charge >= 0.3 is 0 Å². The summed E-state index contributed by atoms with van der Waals surface area (Å²) in [6.45, 7) is 1.88. The molecule has 4 rings (SSSR count). The molecule has 0 saturated heterocycles. The highest BCUT2D eigenvalue weighted by atomic mass is 32.1. The summed E-state index contributed by atoms with van der Waals surface area (Å²) in [5.41, 5.74) is 0.765. The molecule has 140 valence electrons. The minimum Gasteiger partial charge on any atom is -0.473 e. The molecule has 1 aliphatic rings. The van der Waals surface area contributed by atoms with Crippen molar-refractivity contribution in [2.75, 3.05) is 0 Å². The minimum absolute atomic E-state index is 0.0401. The van der Waals surface area contributed by atoms with Gasteiger partial charge in [-0.2, -0.15) is 0 Å². The number of rotatable bonds is 5. The van der Waals surface area contributed by atoms with E-state index in [-0.39, 0.29) is 18.1 Å². The number of carbonyl (C=O) groups is 1. The highest BCUT2D eigenvalue weighted by Gasteiger charge is 2.25. The molecule has 0 aromatic carbocycles. The third-order valence-electron chi connectivity index (χ3n) is 4.65. The Hall–Kier alpha value is -2.74. The lowest BCUT2D eigenvalue weighted by Gasteiger charge is -2.29. The van der Waals surface area contributed by atoms with Gasteiger partial charge in [0.05, 0.1) is 11.9 Å². The Morgan fingerprint density at radius 1 is 1.22 bits per heavy atom. The topological polar surface area (TPSA) is 81.9 Å². The van der Waals surface area contributed by atoms with Crippen LogP contribution in [0.3, 0.4) is 0 Å². The van der Waals surface area contributed by atoms with Crippen LogP contribution in [0.15, 0.2) is 43.1 Å². The van der Waals surface area contributed by atoms with Gasteiger partial charge in [0.25, 0.3) is 5.91 Å². The van der Waals surface area contributed by atoms with Gasteiger partial charge in [0.2, 0.25) is 5.88 Å². The van der Waals surface area contributed by atoms with Crippen molar-refractivity contribution in [2.45, 2.75) is 44.8 Å². The van der Waals surface area contributed by atoms with Crippen LogP contribution < -0.4 is 10.1 Å². The summed E-state index contributed by atoms with van der Waals surface area (Å²) in [4.78, 5) is 26.0. The van der Waals surface area contributed by atoms with Crippen LogP contribution in [-0.4, -0.2) is 37.6 Å². The van der Waals surface area contributed by atoms with E-state index < -0.39 is 0 Å². The van der Waals surface area contributed by atoms with Crippen molar-refractivity contribution in [1.29, 1.82) is 0 Å². The second-order valence-corrected chi connectivity index (χ2v) is 7.59. The number of aromatic nitrogens is 4. The minimum atomic E-state index is -0.0401. The van der Waals surface area contributed by atoms with E-state index in [2.05, 4.69) is 20.3 Å². The van der Waals surface area contributed by atoms with E-state index in [0.29, 0.717) is 10.8 Å². The van der Waals surface area contributed by atoms with Crippen molar-refractivity contribution < 1.29 is 9.53 Å². The van der Waals surface area contributed by atoms with Gasteiger partial charge in [-0.3, -0.25) is 9.78 Å². The van der Waals surface area contributed by atoms with E-state index >= 15 is 0 Å². The number of nitrogens with zero attached hydrogens (tertiary/aromatic N) is 4. The SMILES string of the molecule is Cc1nc(-n2cccc2)sc1C(=O)NC1CCC(Oc2cnccn2)CC1. The van der Waals surface area contributed by atoms with E-state index in [0.717, 1.165) is 36.5 Å². The molecule has 27 heavy (non-hydrogen) atoms. The summed E-state index contributed by atoms with van der Waals surface area (Å²) in [5, 5.41) is 3.97. The molecule has 1 amide bonds. The Morgan fingerprint density at radius 3 is 2.70 bits per heavy atom. The quantitative estimate of drug-likeness (QED) is 0.732. The molecule has 0 spiro atoms. The fourth-order valence-corrected chi connectivity index (χ4v) is 4.20. The molecule has 7 nitrogen and oxygen atoms in total. The first-order valence-corrected chi connectivity index (χ1v) is 9.85. The number of aryl methyl sites for hydroxylation is 1. The molecule has 1 saturated carbocycles. The summed E-state index contributed by atoms with van der Waals surface area (Å²) < 4.78 is 7.78. The van der Waals surface area contributed by atoms with Crippen molar-refractivity contribution in [1.82, 2.24) is 24.8 Å². The van der Waals surface area contributed by atoms with Gasteiger partial charge in [-0.05, 0) is 44.7 Å². The molecule has 1 aliphatic carbocycles. The summed E-state index contributed by atoms with van der Waals surface area (Å²) in [6, 6.07) is 4.05. The third-order valence-corrected chi connectivity index (χ3v) is 5.82. The van der Waals surface area contributed by atoms with Gasteiger partial charge in [0.1, 0.15) is 11.0 Å². The van der Waals surface area contributed by atoms with Crippen molar-refractivity contribution in [3.05, 3.63) is 53.7 Å². The first-order valence-electron chi connectivity index (χ1n) is 9.03. The predicted octanol–water partition coefficient (Wildman–Crippen LogP) is 3.15.